The van der Waals surface area contributed by atoms with Crippen LogP contribution in [0.2, 0.25) is 4.34 Å². The lowest BCUT2D eigenvalue weighted by molar-refractivity contribution is -0.192. The number of sulfone groups is 1. The number of nitrogens with zero attached hydrogens (tertiary/aromatic N) is 2. The van der Waals surface area contributed by atoms with Crippen molar-refractivity contribution < 1.29 is 45.8 Å². The molecule has 2 aromatic rings. The van der Waals surface area contributed by atoms with Gasteiger partial charge in [-0.15, -0.1) is 11.3 Å². The molecule has 0 bridgehead atoms. The van der Waals surface area contributed by atoms with Gasteiger partial charge in [0, 0.05) is 48.0 Å². The molecule has 2 unspecified atom stereocenters. The van der Waals surface area contributed by atoms with Crippen LogP contribution in [0.5, 0.6) is 0 Å². The van der Waals surface area contributed by atoms with E-state index in [1.54, 1.807) is 36.4 Å². The average Bonchev–Trinajstić information content (AvgIpc) is 3.46. The molecule has 0 saturated carbocycles. The molecule has 1 saturated heterocycles. The van der Waals surface area contributed by atoms with Gasteiger partial charge in [-0.2, -0.15) is 13.2 Å². The summed E-state index contributed by atoms with van der Waals surface area (Å²) >= 11 is 7.08. The summed E-state index contributed by atoms with van der Waals surface area (Å²) in [6.07, 6.45) is -0.00140. The molecule has 11 nitrogen and oxygen atoms in total. The zero-order valence-electron chi connectivity index (χ0n) is 20.9. The third-order valence-corrected chi connectivity index (χ3v) is 7.83. The number of rotatable bonds is 11. The smallest absolute Gasteiger partial charge is 0.475 e. The largest absolute Gasteiger partial charge is 0.490 e. The number of halogens is 4. The van der Waals surface area contributed by atoms with Gasteiger partial charge in [-0.1, -0.05) is 11.6 Å². The molecule has 2 atom stereocenters. The number of carbonyl (C=O) groups excluding carboxylic acids is 2. The number of anilines is 1. The molecule has 3 heterocycles. The van der Waals surface area contributed by atoms with E-state index in [4.69, 9.17) is 26.2 Å². The normalized spacial score (nSPS) is 16.4. The molecule has 0 aliphatic carbocycles. The number of hydrogen-bond donors (Lipinski definition) is 3. The van der Waals surface area contributed by atoms with Crippen LogP contribution in [0.4, 0.5) is 18.9 Å². The molecule has 40 heavy (non-hydrogen) atoms. The molecule has 3 rings (SSSR count). The Bertz CT molecular complexity index is 1290. The van der Waals surface area contributed by atoms with Crippen molar-refractivity contribution in [2.24, 2.45) is 0 Å². The predicted molar refractivity (Wildman–Crippen MR) is 142 cm³/mol. The first-order valence-corrected chi connectivity index (χ1v) is 14.4. The summed E-state index contributed by atoms with van der Waals surface area (Å²) in [5, 5.41) is 12.3. The number of aliphatic carboxylic acids is 1. The summed E-state index contributed by atoms with van der Waals surface area (Å²) < 4.78 is 63.0. The second-order valence-corrected chi connectivity index (χ2v) is 11.6. The van der Waals surface area contributed by atoms with Crippen LogP contribution in [-0.2, 0) is 29.0 Å². The Labute approximate surface area is 236 Å². The first-order valence-electron chi connectivity index (χ1n) is 11.6. The number of aromatic nitrogens is 1. The number of hydrogen-bond acceptors (Lipinski definition) is 10. The van der Waals surface area contributed by atoms with Crippen molar-refractivity contribution in [1.82, 2.24) is 15.2 Å². The van der Waals surface area contributed by atoms with Gasteiger partial charge in [0.05, 0.1) is 17.0 Å². The van der Waals surface area contributed by atoms with Crippen molar-refractivity contribution in [2.45, 2.75) is 30.9 Å². The maximum absolute atomic E-state index is 12.9. The quantitative estimate of drug-likeness (QED) is 0.317. The van der Waals surface area contributed by atoms with E-state index in [2.05, 4.69) is 15.6 Å². The maximum Gasteiger partial charge on any atom is 0.490 e. The van der Waals surface area contributed by atoms with E-state index in [0.29, 0.717) is 35.3 Å². The Hall–Kier alpha value is -3.21. The van der Waals surface area contributed by atoms with Crippen LogP contribution in [0, 0.1) is 0 Å². The Balaban J connectivity index is 0.000000708. The maximum atomic E-state index is 12.9. The van der Waals surface area contributed by atoms with Crippen molar-refractivity contribution in [3.05, 3.63) is 51.3 Å². The van der Waals surface area contributed by atoms with Gasteiger partial charge in [0.15, 0.2) is 9.84 Å². The first-order chi connectivity index (χ1) is 18.7. The highest BCUT2D eigenvalue weighted by molar-refractivity contribution is 7.95. The Morgan fingerprint density at radius 3 is 2.50 bits per heavy atom. The molecule has 1 aliphatic heterocycles. The minimum Gasteiger partial charge on any atom is -0.475 e. The zero-order chi connectivity index (χ0) is 29.9. The van der Waals surface area contributed by atoms with Gasteiger partial charge >= 0.3 is 18.1 Å². The summed E-state index contributed by atoms with van der Waals surface area (Å²) in [4.78, 5) is 40.4. The first kappa shape index (κ1) is 33.0. The zero-order valence-corrected chi connectivity index (χ0v) is 23.3. The van der Waals surface area contributed by atoms with Gasteiger partial charge < -0.3 is 20.1 Å². The molecule has 17 heteroatoms. The van der Waals surface area contributed by atoms with Crippen LogP contribution < -0.4 is 10.6 Å². The SMILES string of the molecule is CCOC(=O)C(NC1CCN(CCNc2ccncc2)C1=O)S(=O)(=O)C=Cc1ccc(Cl)s1.O=C(O)C(F)(F)F. The number of ether oxygens (including phenoxy) is 1. The third-order valence-electron chi connectivity index (χ3n) is 5.13. The third kappa shape index (κ3) is 10.4. The highest BCUT2D eigenvalue weighted by Gasteiger charge is 2.40. The number of thiophene rings is 1. The van der Waals surface area contributed by atoms with Crippen LogP contribution in [0.1, 0.15) is 18.2 Å². The number of alkyl halides is 3. The number of pyridine rings is 1. The molecule has 0 spiro atoms. The average molecular weight is 627 g/mol. The second-order valence-electron chi connectivity index (χ2n) is 7.96. The lowest BCUT2D eigenvalue weighted by Gasteiger charge is -2.21. The van der Waals surface area contributed by atoms with E-state index in [1.807, 2.05) is 12.1 Å². The predicted octanol–water partition coefficient (Wildman–Crippen LogP) is 3.01. The fourth-order valence-electron chi connectivity index (χ4n) is 3.28. The van der Waals surface area contributed by atoms with Gasteiger partial charge in [0.1, 0.15) is 0 Å². The standard InChI is InChI=1S/C21H25ClN4O5S2.C2HF3O2/c1-2-31-21(28)19(33(29,30)14-8-16-3-4-18(22)32-16)25-17-7-12-26(20(17)27)13-11-24-15-5-9-23-10-6-15;3-2(4,5)1(6)7/h3-6,8-10,14,17,19,25H,2,7,11-13H2,1H3,(H,23,24);(H,6,7). The number of carbonyl (C=O) groups is 3. The molecule has 1 amide bonds. The van der Waals surface area contributed by atoms with E-state index in [0.717, 1.165) is 11.1 Å². The Kier molecular flexibility index (Phi) is 12.4. The number of carboxylic acid groups (broad SMARTS) is 1. The van der Waals surface area contributed by atoms with E-state index in [1.165, 1.54) is 17.4 Å². The number of esters is 1. The topological polar surface area (TPSA) is 155 Å². The molecule has 220 valence electrons. The fraction of sp³-hybridized carbons (Fsp3) is 0.391. The molecule has 0 radical (unpaired) electrons. The van der Waals surface area contributed by atoms with Crippen LogP contribution in [0.15, 0.2) is 42.1 Å². The summed E-state index contributed by atoms with van der Waals surface area (Å²) in [6.45, 7) is 3.02. The van der Waals surface area contributed by atoms with Gasteiger partial charge in [0.2, 0.25) is 11.3 Å². The number of nitrogens with one attached hydrogen (secondary N) is 2. The molecule has 3 N–H and O–H groups in total. The van der Waals surface area contributed by atoms with E-state index in [9.17, 15) is 31.2 Å². The van der Waals surface area contributed by atoms with Crippen molar-refractivity contribution in [3.63, 3.8) is 0 Å². The van der Waals surface area contributed by atoms with Crippen molar-refractivity contribution >= 4 is 62.4 Å². The fourth-order valence-corrected chi connectivity index (χ4v) is 5.51. The minimum atomic E-state index is -5.08. The molecule has 1 fully saturated rings. The molecular weight excluding hydrogens is 601 g/mol. The summed E-state index contributed by atoms with van der Waals surface area (Å²) in [7, 11) is -4.11. The van der Waals surface area contributed by atoms with Crippen LogP contribution in [0.3, 0.4) is 0 Å². The van der Waals surface area contributed by atoms with Crippen LogP contribution in [0.25, 0.3) is 6.08 Å². The number of amides is 1. The van der Waals surface area contributed by atoms with Crippen molar-refractivity contribution in [1.29, 1.82) is 0 Å². The van der Waals surface area contributed by atoms with E-state index < -0.39 is 39.4 Å². The Morgan fingerprint density at radius 2 is 1.95 bits per heavy atom. The van der Waals surface area contributed by atoms with Crippen LogP contribution >= 0.6 is 22.9 Å². The summed E-state index contributed by atoms with van der Waals surface area (Å²) in [6, 6.07) is 6.16. The lowest BCUT2D eigenvalue weighted by atomic mass is 10.2. The van der Waals surface area contributed by atoms with Crippen molar-refractivity contribution in [3.8, 4) is 0 Å². The van der Waals surface area contributed by atoms with Crippen LogP contribution in [-0.4, -0.2) is 85.1 Å². The summed E-state index contributed by atoms with van der Waals surface area (Å²) in [5.74, 6) is -3.96. The number of carboxylic acids is 1. The highest BCUT2D eigenvalue weighted by atomic mass is 35.5. The monoisotopic (exact) mass is 626 g/mol. The minimum absolute atomic E-state index is 0.0161. The number of likely N-dealkylation sites (tertiary alicyclic amines) is 1. The molecule has 0 aromatic carbocycles. The summed E-state index contributed by atoms with van der Waals surface area (Å²) in [5.41, 5.74) is 0.888. The Morgan fingerprint density at radius 1 is 1.30 bits per heavy atom. The van der Waals surface area contributed by atoms with Gasteiger partial charge in [-0.05, 0) is 43.7 Å². The molecular formula is C23H26ClF3N4O7S2. The van der Waals surface area contributed by atoms with E-state index >= 15 is 0 Å². The van der Waals surface area contributed by atoms with Gasteiger partial charge in [-0.25, -0.2) is 18.0 Å². The van der Waals surface area contributed by atoms with Gasteiger partial charge in [-0.3, -0.25) is 15.1 Å². The molecule has 1 aliphatic rings. The molecule has 2 aromatic heterocycles. The van der Waals surface area contributed by atoms with Gasteiger partial charge in [0.25, 0.3) is 0 Å². The lowest BCUT2D eigenvalue weighted by Crippen LogP contribution is -2.51. The second kappa shape index (κ2) is 15.0. The van der Waals surface area contributed by atoms with E-state index in [-0.39, 0.29) is 12.5 Å². The highest BCUT2D eigenvalue weighted by Crippen LogP contribution is 2.23. The van der Waals surface area contributed by atoms with Crippen molar-refractivity contribution in [2.75, 3.05) is 31.6 Å².